The van der Waals surface area contributed by atoms with Crippen molar-refractivity contribution in [3.05, 3.63) is 49.1 Å². The van der Waals surface area contributed by atoms with E-state index in [4.69, 9.17) is 63.7 Å². The maximum Gasteiger partial charge on any atom is 0.131 e. The van der Waals surface area contributed by atoms with Gasteiger partial charge in [0.05, 0.1) is 25.1 Å². The third-order valence-corrected chi connectivity index (χ3v) is 4.75. The van der Waals surface area contributed by atoms with Crippen molar-refractivity contribution in [3.63, 3.8) is 0 Å². The van der Waals surface area contributed by atoms with E-state index in [9.17, 15) is 4.39 Å². The summed E-state index contributed by atoms with van der Waals surface area (Å²) in [6.45, 7) is 0. The van der Waals surface area contributed by atoms with E-state index < -0.39 is 5.82 Å². The molecule has 0 fully saturated rings. The minimum absolute atomic E-state index is 0.00885. The monoisotopic (exact) mass is 357 g/mol. The summed E-state index contributed by atoms with van der Waals surface area (Å²) in [6, 6.07) is 4.01. The first-order valence-corrected chi connectivity index (χ1v) is 6.80. The van der Waals surface area contributed by atoms with Crippen molar-refractivity contribution in [1.29, 1.82) is 0 Å². The molecule has 0 aliphatic rings. The normalized spacial score (nSPS) is 10.8. The lowest BCUT2D eigenvalue weighted by Crippen LogP contribution is -1.93. The van der Waals surface area contributed by atoms with Gasteiger partial charge in [0, 0.05) is 16.8 Å². The molecule has 0 radical (unpaired) electrons. The highest BCUT2D eigenvalue weighted by atomic mass is 35.5. The molecule has 100 valence electrons. The van der Waals surface area contributed by atoms with E-state index in [2.05, 4.69) is 0 Å². The number of halogens is 6. The van der Waals surface area contributed by atoms with Crippen LogP contribution < -0.4 is 5.73 Å². The van der Waals surface area contributed by atoms with Crippen LogP contribution >= 0.6 is 58.0 Å². The summed E-state index contributed by atoms with van der Waals surface area (Å²) >= 11 is 29.9. The molecule has 19 heavy (non-hydrogen) atoms. The molecule has 1 nitrogen and oxygen atoms in total. The molecule has 0 spiro atoms. The molecule has 0 saturated heterocycles. The summed E-state index contributed by atoms with van der Waals surface area (Å²) < 4.78 is 13.9. The molecular weight excluding hydrogens is 354 g/mol. The van der Waals surface area contributed by atoms with E-state index >= 15 is 0 Å². The first-order chi connectivity index (χ1) is 8.84. The summed E-state index contributed by atoms with van der Waals surface area (Å²) in [5.74, 6) is -0.549. The van der Waals surface area contributed by atoms with Crippen molar-refractivity contribution < 1.29 is 4.39 Å². The second kappa shape index (κ2) is 5.55. The number of hydrogen-bond acceptors (Lipinski definition) is 1. The first kappa shape index (κ1) is 15.0. The molecule has 2 aromatic rings. The second-order valence-corrected chi connectivity index (χ2v) is 5.57. The fraction of sp³-hybridized carbons (Fsp3) is 0. The molecule has 0 aliphatic heterocycles. The Kier molecular flexibility index (Phi) is 4.38. The highest BCUT2D eigenvalue weighted by Gasteiger charge is 2.22. The fourth-order valence-corrected chi connectivity index (χ4v) is 2.92. The van der Waals surface area contributed by atoms with Crippen LogP contribution in [0.15, 0.2) is 18.2 Å². The van der Waals surface area contributed by atoms with Crippen LogP contribution in [0, 0.1) is 5.82 Å². The first-order valence-electron chi connectivity index (χ1n) is 4.91. The standard InChI is InChI=1S/C12H5Cl5FN/c13-8-7(5-3-4(19)1-2-6(5)18)9(14)11(16)12(17)10(8)15/h1-3H,19H2. The van der Waals surface area contributed by atoms with E-state index in [1.54, 1.807) is 0 Å². The van der Waals surface area contributed by atoms with Gasteiger partial charge < -0.3 is 5.73 Å². The Morgan fingerprint density at radius 3 is 1.79 bits per heavy atom. The van der Waals surface area contributed by atoms with Crippen molar-refractivity contribution in [2.75, 3.05) is 5.73 Å². The Morgan fingerprint density at radius 1 is 0.789 bits per heavy atom. The molecular formula is C12H5Cl5FN. The average Bonchev–Trinajstić information content (AvgIpc) is 2.38. The highest BCUT2D eigenvalue weighted by Crippen LogP contribution is 2.48. The molecule has 7 heteroatoms. The lowest BCUT2D eigenvalue weighted by molar-refractivity contribution is 0.631. The van der Waals surface area contributed by atoms with Crippen molar-refractivity contribution in [1.82, 2.24) is 0 Å². The molecule has 2 rings (SSSR count). The van der Waals surface area contributed by atoms with Crippen molar-refractivity contribution in [2.24, 2.45) is 0 Å². The third kappa shape index (κ3) is 2.61. The van der Waals surface area contributed by atoms with Gasteiger partial charge in [0.15, 0.2) is 0 Å². The summed E-state index contributed by atoms with van der Waals surface area (Å²) in [5.41, 5.74) is 6.25. The molecule has 0 heterocycles. The van der Waals surface area contributed by atoms with Crippen LogP contribution in [0.4, 0.5) is 10.1 Å². The number of benzene rings is 2. The summed E-state index contributed by atoms with van der Waals surface area (Å²) in [4.78, 5) is 0. The topological polar surface area (TPSA) is 26.0 Å². The average molecular weight is 359 g/mol. The third-order valence-electron chi connectivity index (χ3n) is 2.47. The van der Waals surface area contributed by atoms with Gasteiger partial charge in [0.1, 0.15) is 5.82 Å². The van der Waals surface area contributed by atoms with Gasteiger partial charge in [0.25, 0.3) is 0 Å². The molecule has 0 bridgehead atoms. The van der Waals surface area contributed by atoms with E-state index in [0.29, 0.717) is 5.69 Å². The summed E-state index contributed by atoms with van der Waals surface area (Å²) in [6.07, 6.45) is 0. The zero-order valence-electron chi connectivity index (χ0n) is 9.08. The predicted molar refractivity (Wildman–Crippen MR) is 81.3 cm³/mol. The Morgan fingerprint density at radius 2 is 1.26 bits per heavy atom. The zero-order chi connectivity index (χ0) is 14.3. The van der Waals surface area contributed by atoms with Crippen molar-refractivity contribution >= 4 is 63.7 Å². The number of nitrogens with two attached hydrogens (primary N) is 1. The maximum absolute atomic E-state index is 13.9. The maximum atomic E-state index is 13.9. The van der Waals surface area contributed by atoms with Gasteiger partial charge in [-0.05, 0) is 18.2 Å². The predicted octanol–water partition coefficient (Wildman–Crippen LogP) is 6.34. The zero-order valence-corrected chi connectivity index (χ0v) is 12.9. The van der Waals surface area contributed by atoms with Gasteiger partial charge in [-0.15, -0.1) is 0 Å². The Balaban J connectivity index is 2.87. The Bertz CT molecular complexity index is 643. The molecule has 2 N–H and O–H groups in total. The molecule has 2 aromatic carbocycles. The largest absolute Gasteiger partial charge is 0.399 e. The fourth-order valence-electron chi connectivity index (χ4n) is 1.58. The Hall–Kier alpha value is -0.380. The van der Waals surface area contributed by atoms with Gasteiger partial charge >= 0.3 is 0 Å². The number of rotatable bonds is 1. The van der Waals surface area contributed by atoms with Crippen LogP contribution in [-0.2, 0) is 0 Å². The van der Waals surface area contributed by atoms with Crippen LogP contribution in [-0.4, -0.2) is 0 Å². The SMILES string of the molecule is Nc1ccc(F)c(-c2c(Cl)c(Cl)c(Cl)c(Cl)c2Cl)c1. The number of anilines is 1. The molecule has 0 atom stereocenters. The summed E-state index contributed by atoms with van der Waals surface area (Å²) in [5, 5.41) is 0.0756. The van der Waals surface area contributed by atoms with E-state index in [0.717, 1.165) is 0 Å². The van der Waals surface area contributed by atoms with Gasteiger partial charge in [0.2, 0.25) is 0 Å². The smallest absolute Gasteiger partial charge is 0.131 e. The lowest BCUT2D eigenvalue weighted by Gasteiger charge is -2.13. The van der Waals surface area contributed by atoms with E-state index in [1.165, 1.54) is 18.2 Å². The molecule has 0 saturated carbocycles. The quantitative estimate of drug-likeness (QED) is 0.359. The van der Waals surface area contributed by atoms with E-state index in [-0.39, 0.29) is 36.2 Å². The van der Waals surface area contributed by atoms with Gasteiger partial charge in [-0.1, -0.05) is 58.0 Å². The molecule has 0 aromatic heterocycles. The van der Waals surface area contributed by atoms with Crippen LogP contribution in [0.1, 0.15) is 0 Å². The second-order valence-electron chi connectivity index (χ2n) is 3.68. The van der Waals surface area contributed by atoms with E-state index in [1.807, 2.05) is 0 Å². The number of hydrogen-bond donors (Lipinski definition) is 1. The van der Waals surface area contributed by atoms with Crippen LogP contribution in [0.2, 0.25) is 25.1 Å². The van der Waals surface area contributed by atoms with Crippen LogP contribution in [0.5, 0.6) is 0 Å². The van der Waals surface area contributed by atoms with Gasteiger partial charge in [-0.3, -0.25) is 0 Å². The van der Waals surface area contributed by atoms with Crippen molar-refractivity contribution in [2.45, 2.75) is 0 Å². The molecule has 0 aliphatic carbocycles. The molecule has 0 amide bonds. The Labute approximate surface area is 134 Å². The van der Waals surface area contributed by atoms with Crippen molar-refractivity contribution in [3.8, 4) is 11.1 Å². The van der Waals surface area contributed by atoms with Gasteiger partial charge in [-0.2, -0.15) is 0 Å². The van der Waals surface area contributed by atoms with Crippen LogP contribution in [0.3, 0.4) is 0 Å². The minimum atomic E-state index is -0.549. The van der Waals surface area contributed by atoms with Crippen LogP contribution in [0.25, 0.3) is 11.1 Å². The lowest BCUT2D eigenvalue weighted by atomic mass is 10.0. The number of nitrogen functional groups attached to an aromatic ring is 1. The summed E-state index contributed by atoms with van der Waals surface area (Å²) in [7, 11) is 0. The minimum Gasteiger partial charge on any atom is -0.399 e. The molecule has 0 unspecified atom stereocenters. The highest BCUT2D eigenvalue weighted by molar-refractivity contribution is 6.56. The van der Waals surface area contributed by atoms with Gasteiger partial charge in [-0.25, -0.2) is 4.39 Å².